The van der Waals surface area contributed by atoms with Gasteiger partial charge < -0.3 is 4.90 Å². The van der Waals surface area contributed by atoms with E-state index in [0.29, 0.717) is 17.5 Å². The first-order valence-electron chi connectivity index (χ1n) is 19.6. The van der Waals surface area contributed by atoms with Crippen LogP contribution in [0.4, 0.5) is 17.1 Å². The number of fused-ring (bicyclic) bond motifs is 4. The molecule has 0 saturated heterocycles. The summed E-state index contributed by atoms with van der Waals surface area (Å²) in [6.45, 7) is 24.0. The molecule has 2 heterocycles. The summed E-state index contributed by atoms with van der Waals surface area (Å²) in [4.78, 5) is 6.54. The van der Waals surface area contributed by atoms with Gasteiger partial charge in [0, 0.05) is 41.4 Å². The fourth-order valence-corrected chi connectivity index (χ4v) is 8.73. The van der Waals surface area contributed by atoms with Crippen LogP contribution in [-0.4, -0.2) is 23.4 Å². The zero-order valence-corrected chi connectivity index (χ0v) is 32.4. The molecule has 53 heavy (non-hydrogen) atoms. The van der Waals surface area contributed by atoms with Crippen molar-refractivity contribution in [2.24, 2.45) is 11.8 Å². The van der Waals surface area contributed by atoms with E-state index in [2.05, 4.69) is 183 Å². The lowest BCUT2D eigenvalue weighted by Crippen LogP contribution is -2.36. The van der Waals surface area contributed by atoms with E-state index in [1.165, 1.54) is 55.8 Å². The van der Waals surface area contributed by atoms with Crippen LogP contribution in [0.15, 0.2) is 139 Å². The highest BCUT2D eigenvalue weighted by atomic mass is 15.2. The van der Waals surface area contributed by atoms with Crippen molar-refractivity contribution in [3.63, 3.8) is 0 Å². The summed E-state index contributed by atoms with van der Waals surface area (Å²) in [7, 11) is 0. The highest BCUT2D eigenvalue weighted by Crippen LogP contribution is 2.53. The van der Waals surface area contributed by atoms with Crippen LogP contribution in [-0.2, 0) is 23.7 Å². The molecule has 0 amide bonds. The van der Waals surface area contributed by atoms with Crippen molar-refractivity contribution >= 4 is 33.5 Å². The third-order valence-corrected chi connectivity index (χ3v) is 11.5. The van der Waals surface area contributed by atoms with Crippen LogP contribution in [0.25, 0.3) is 15.6 Å². The predicted octanol–water partition coefficient (Wildman–Crippen LogP) is 12.5. The average Bonchev–Trinajstić information content (AvgIpc) is 3.53. The molecule has 0 spiro atoms. The van der Waals surface area contributed by atoms with E-state index in [4.69, 9.17) is 6.57 Å². The minimum absolute atomic E-state index is 0.156. The zero-order chi connectivity index (χ0) is 37.2. The van der Waals surface area contributed by atoms with E-state index in [1.54, 1.807) is 0 Å². The second kappa shape index (κ2) is 15.0. The molecule has 2 aliphatic heterocycles. The Morgan fingerprint density at radius 1 is 0.736 bits per heavy atom. The van der Waals surface area contributed by atoms with E-state index in [-0.39, 0.29) is 10.8 Å². The van der Waals surface area contributed by atoms with Crippen LogP contribution in [0, 0.1) is 18.4 Å². The normalized spacial score (nSPS) is 16.7. The molecular weight excluding hydrogens is 643 g/mol. The highest BCUT2D eigenvalue weighted by Gasteiger charge is 2.48. The Morgan fingerprint density at radius 3 is 2.02 bits per heavy atom. The number of benzene rings is 5. The molecule has 7 rings (SSSR count). The fourth-order valence-electron chi connectivity index (χ4n) is 8.73. The number of hydrogen-bond acceptors (Lipinski definition) is 1. The Labute approximate surface area is 317 Å². The molecule has 268 valence electrons. The van der Waals surface area contributed by atoms with E-state index in [0.717, 1.165) is 38.8 Å². The number of allylic oxidation sites excluding steroid dienone is 4. The van der Waals surface area contributed by atoms with Gasteiger partial charge in [0.2, 0.25) is 5.69 Å². The molecule has 0 N–H and O–H groups in total. The van der Waals surface area contributed by atoms with Gasteiger partial charge in [0.05, 0.1) is 17.4 Å². The number of anilines is 1. The second-order valence-corrected chi connectivity index (χ2v) is 16.5. The van der Waals surface area contributed by atoms with E-state index >= 15 is 0 Å². The molecule has 0 radical (unpaired) electrons. The lowest BCUT2D eigenvalue weighted by Gasteiger charge is -2.35. The Morgan fingerprint density at radius 2 is 1.38 bits per heavy atom. The van der Waals surface area contributed by atoms with Gasteiger partial charge in [0.1, 0.15) is 6.54 Å². The molecule has 5 aromatic rings. The predicted molar refractivity (Wildman–Crippen MR) is 225 cm³/mol. The average molecular weight is 697 g/mol. The van der Waals surface area contributed by atoms with Gasteiger partial charge in [-0.2, -0.15) is 4.58 Å². The van der Waals surface area contributed by atoms with Gasteiger partial charge in [-0.1, -0.05) is 137 Å². The third-order valence-electron chi connectivity index (χ3n) is 11.5. The molecule has 3 nitrogen and oxygen atoms in total. The molecule has 5 aromatic carbocycles. The van der Waals surface area contributed by atoms with Crippen molar-refractivity contribution in [3.05, 3.63) is 173 Å². The Bertz CT molecular complexity index is 2190. The van der Waals surface area contributed by atoms with Crippen molar-refractivity contribution in [2.45, 2.75) is 78.1 Å². The Kier molecular flexibility index (Phi) is 10.3. The molecule has 0 bridgehead atoms. The van der Waals surface area contributed by atoms with Crippen molar-refractivity contribution < 1.29 is 4.58 Å². The molecule has 0 aliphatic carbocycles. The first-order chi connectivity index (χ1) is 25.6. The minimum Gasteiger partial charge on any atom is -0.344 e. The number of rotatable bonds is 12. The lowest BCUT2D eigenvalue weighted by atomic mass is 9.70. The van der Waals surface area contributed by atoms with Gasteiger partial charge in [-0.15, -0.1) is 0 Å². The standard InChI is InChI=1S/C50H54N3/c1-36(2)29-31-52-45-28-26-41(51-7)33-44(45)50(34-38-17-10-8-11-18-38,35-39-19-12-9-13-20-39)47(52)24-16-23-46-49(5,6)43-27-25-40-21-14-15-22-42(40)48(43)53(46)32-30-37(3)4/h8-28,33,36-37H,29-32,34-35H2,1-6H3/q+1. The van der Waals surface area contributed by atoms with Gasteiger partial charge >= 0.3 is 0 Å². The molecular formula is C50H54N3+. The van der Waals surface area contributed by atoms with Gasteiger partial charge in [-0.05, 0) is 85.2 Å². The molecule has 0 fully saturated rings. The minimum atomic E-state index is -0.369. The summed E-state index contributed by atoms with van der Waals surface area (Å²) in [5, 5.41) is 2.62. The zero-order valence-electron chi connectivity index (χ0n) is 32.4. The van der Waals surface area contributed by atoms with Crippen LogP contribution < -0.4 is 4.90 Å². The van der Waals surface area contributed by atoms with Gasteiger partial charge in [0.25, 0.3) is 0 Å². The molecule has 2 aliphatic rings. The van der Waals surface area contributed by atoms with Crippen molar-refractivity contribution in [1.29, 1.82) is 0 Å². The molecule has 0 saturated carbocycles. The van der Waals surface area contributed by atoms with E-state index in [9.17, 15) is 0 Å². The molecule has 3 heteroatoms. The van der Waals surface area contributed by atoms with Gasteiger partial charge in [-0.25, -0.2) is 4.85 Å². The van der Waals surface area contributed by atoms with Gasteiger partial charge in [-0.3, -0.25) is 0 Å². The maximum absolute atomic E-state index is 8.02. The van der Waals surface area contributed by atoms with E-state index < -0.39 is 0 Å². The molecule has 0 aromatic heterocycles. The summed E-state index contributed by atoms with van der Waals surface area (Å²) in [5.41, 5.74) is 10.7. The van der Waals surface area contributed by atoms with Crippen LogP contribution in [0.3, 0.4) is 0 Å². The Hall–Kier alpha value is -5.20. The van der Waals surface area contributed by atoms with Crippen molar-refractivity contribution in [2.75, 3.05) is 18.0 Å². The SMILES string of the molecule is [C-]#[N+]c1ccc2c(c1)C(Cc1ccccc1)(Cc1ccccc1)C(=CC=CC1=[N+](CCC(C)C)c3c(ccc4ccccc34)C1(C)C)N2CCC(C)C. The van der Waals surface area contributed by atoms with Crippen LogP contribution in [0.1, 0.15) is 76.6 Å². The topological polar surface area (TPSA) is 10.6 Å². The van der Waals surface area contributed by atoms with Crippen LogP contribution in [0.5, 0.6) is 0 Å². The fraction of sp³-hybridized carbons (Fsp3) is 0.320. The Balaban J connectivity index is 1.44. The maximum atomic E-state index is 8.02. The summed E-state index contributed by atoms with van der Waals surface area (Å²) in [6, 6.07) is 41.8. The molecule has 0 atom stereocenters. The quantitative estimate of drug-likeness (QED) is 0.0933. The van der Waals surface area contributed by atoms with Gasteiger partial charge in [0.15, 0.2) is 11.4 Å². The summed E-state index contributed by atoms with van der Waals surface area (Å²) in [6.07, 6.45) is 11.1. The summed E-state index contributed by atoms with van der Waals surface area (Å²) in [5.74, 6) is 1.17. The lowest BCUT2D eigenvalue weighted by molar-refractivity contribution is -0.437. The van der Waals surface area contributed by atoms with E-state index in [1.807, 2.05) is 6.07 Å². The summed E-state index contributed by atoms with van der Waals surface area (Å²) < 4.78 is 2.62. The van der Waals surface area contributed by atoms with Crippen molar-refractivity contribution in [1.82, 2.24) is 0 Å². The smallest absolute Gasteiger partial charge is 0.217 e. The third kappa shape index (κ3) is 7.00. The number of nitrogens with zero attached hydrogens (tertiary/aromatic N) is 3. The first-order valence-corrected chi connectivity index (χ1v) is 19.6. The second-order valence-electron chi connectivity index (χ2n) is 16.5. The summed E-state index contributed by atoms with van der Waals surface area (Å²) >= 11 is 0. The number of hydrogen-bond donors (Lipinski definition) is 0. The maximum Gasteiger partial charge on any atom is 0.217 e. The highest BCUT2D eigenvalue weighted by molar-refractivity contribution is 6.07. The van der Waals surface area contributed by atoms with Crippen LogP contribution in [0.2, 0.25) is 0 Å². The molecule has 0 unspecified atom stereocenters. The first kappa shape index (κ1) is 36.2. The monoisotopic (exact) mass is 696 g/mol. The van der Waals surface area contributed by atoms with Crippen LogP contribution >= 0.6 is 0 Å². The largest absolute Gasteiger partial charge is 0.344 e. The van der Waals surface area contributed by atoms with Crippen molar-refractivity contribution in [3.8, 4) is 0 Å².